The van der Waals surface area contributed by atoms with Gasteiger partial charge in [-0.1, -0.05) is 0 Å². The highest BCUT2D eigenvalue weighted by Crippen LogP contribution is 2.22. The van der Waals surface area contributed by atoms with Gasteiger partial charge in [0.25, 0.3) is 0 Å². The second-order valence-corrected chi connectivity index (χ2v) is 6.59. The van der Waals surface area contributed by atoms with Crippen molar-refractivity contribution in [3.8, 4) is 5.82 Å². The van der Waals surface area contributed by atoms with Gasteiger partial charge in [-0.3, -0.25) is 4.57 Å². The number of fused-ring (bicyclic) bond motifs is 1. The fourth-order valence-electron chi connectivity index (χ4n) is 2.63. The molecule has 1 saturated heterocycles. The number of nitrogens with zero attached hydrogens (tertiary/aromatic N) is 6. The van der Waals surface area contributed by atoms with Gasteiger partial charge in [-0.25, -0.2) is 15.0 Å². The van der Waals surface area contributed by atoms with Crippen LogP contribution < -0.4 is 4.90 Å². The average Bonchev–Trinajstić information content (AvgIpc) is 3.14. The lowest BCUT2D eigenvalue weighted by atomic mass is 10.1. The Morgan fingerprint density at radius 1 is 1.27 bits per heavy atom. The van der Waals surface area contributed by atoms with Crippen LogP contribution in [0.15, 0.2) is 23.4 Å². The number of anilines is 1. The van der Waals surface area contributed by atoms with E-state index in [0.717, 1.165) is 30.1 Å². The van der Waals surface area contributed by atoms with Gasteiger partial charge >= 0.3 is 0 Å². The highest BCUT2D eigenvalue weighted by atomic mass is 32.1. The second-order valence-electron chi connectivity index (χ2n) is 5.87. The van der Waals surface area contributed by atoms with E-state index in [-0.39, 0.29) is 5.60 Å². The summed E-state index contributed by atoms with van der Waals surface area (Å²) in [6.45, 7) is 6.40. The Kier molecular flexibility index (Phi) is 3.08. The van der Waals surface area contributed by atoms with E-state index in [4.69, 9.17) is 9.72 Å². The summed E-state index contributed by atoms with van der Waals surface area (Å²) in [7, 11) is 0. The molecule has 0 spiro atoms. The van der Waals surface area contributed by atoms with E-state index in [1.807, 2.05) is 9.95 Å². The molecule has 0 unspecified atom stereocenters. The van der Waals surface area contributed by atoms with Crippen LogP contribution in [-0.2, 0) is 4.74 Å². The van der Waals surface area contributed by atoms with E-state index in [1.54, 1.807) is 29.4 Å². The van der Waals surface area contributed by atoms with Crippen molar-refractivity contribution in [1.29, 1.82) is 0 Å². The lowest BCUT2D eigenvalue weighted by molar-refractivity contribution is -0.0281. The molecule has 4 rings (SSSR count). The van der Waals surface area contributed by atoms with E-state index >= 15 is 0 Å². The van der Waals surface area contributed by atoms with Gasteiger partial charge in [0, 0.05) is 18.5 Å². The zero-order valence-electron chi connectivity index (χ0n) is 12.4. The first kappa shape index (κ1) is 13.6. The van der Waals surface area contributed by atoms with E-state index in [2.05, 4.69) is 33.7 Å². The fourth-order valence-corrected chi connectivity index (χ4v) is 3.16. The molecule has 0 aliphatic carbocycles. The van der Waals surface area contributed by atoms with Crippen molar-refractivity contribution in [2.45, 2.75) is 19.4 Å². The molecule has 3 aromatic rings. The summed E-state index contributed by atoms with van der Waals surface area (Å²) in [6.07, 6.45) is 3.50. The van der Waals surface area contributed by atoms with Gasteiger partial charge < -0.3 is 9.64 Å². The Labute approximate surface area is 131 Å². The number of hydrogen-bond donors (Lipinski definition) is 0. The first-order chi connectivity index (χ1) is 10.6. The molecule has 0 atom stereocenters. The van der Waals surface area contributed by atoms with E-state index in [0.29, 0.717) is 12.6 Å². The summed E-state index contributed by atoms with van der Waals surface area (Å²) < 4.78 is 7.64. The summed E-state index contributed by atoms with van der Waals surface area (Å²) in [5.74, 6) is 1.54. The first-order valence-electron chi connectivity index (χ1n) is 7.10. The molecule has 4 heterocycles. The van der Waals surface area contributed by atoms with Crippen LogP contribution in [0.25, 0.3) is 17.0 Å². The minimum atomic E-state index is -0.189. The van der Waals surface area contributed by atoms with Crippen molar-refractivity contribution < 1.29 is 4.74 Å². The number of ether oxygens (including phenoxy) is 1. The molecule has 3 aromatic heterocycles. The quantitative estimate of drug-likeness (QED) is 0.719. The molecule has 1 aliphatic heterocycles. The third-order valence-electron chi connectivity index (χ3n) is 3.65. The number of rotatable bonds is 2. The normalized spacial score (nSPS) is 18.0. The molecule has 0 amide bonds. The smallest absolute Gasteiger partial charge is 0.227 e. The molecule has 0 N–H and O–H groups in total. The Hall–Kier alpha value is -2.06. The minimum Gasteiger partial charge on any atom is -0.372 e. The number of aromatic nitrogens is 5. The molecule has 0 bridgehead atoms. The number of thiazole rings is 1. The van der Waals surface area contributed by atoms with Crippen molar-refractivity contribution in [2.24, 2.45) is 0 Å². The van der Waals surface area contributed by atoms with Gasteiger partial charge in [0.2, 0.25) is 5.95 Å². The van der Waals surface area contributed by atoms with Crippen molar-refractivity contribution in [3.05, 3.63) is 23.4 Å². The van der Waals surface area contributed by atoms with E-state index < -0.39 is 0 Å². The summed E-state index contributed by atoms with van der Waals surface area (Å²) >= 11 is 1.55. The molecule has 8 heteroatoms. The van der Waals surface area contributed by atoms with Gasteiger partial charge in [0.05, 0.1) is 23.9 Å². The van der Waals surface area contributed by atoms with Gasteiger partial charge in [-0.05, 0) is 13.8 Å². The standard InChI is InChI=1S/C14H16N6OS/c1-14(2)7-19(3-4-21-14)13-15-5-10-12(18-13)20(8-16-10)11-6-22-9-17-11/h5-6,8-9H,3-4,7H2,1-2H3. The predicted octanol–water partition coefficient (Wildman–Crippen LogP) is 1.89. The molecule has 22 heavy (non-hydrogen) atoms. The van der Waals surface area contributed by atoms with Crippen LogP contribution in [0.5, 0.6) is 0 Å². The number of hydrogen-bond acceptors (Lipinski definition) is 7. The SMILES string of the molecule is CC1(C)CN(c2ncc3ncn(-c4cscn4)c3n2)CCO1. The van der Waals surface area contributed by atoms with Crippen LogP contribution in [0.1, 0.15) is 13.8 Å². The van der Waals surface area contributed by atoms with Gasteiger partial charge in [-0.15, -0.1) is 11.3 Å². The third kappa shape index (κ3) is 2.34. The minimum absolute atomic E-state index is 0.189. The fraction of sp³-hybridized carbons (Fsp3) is 0.429. The molecular weight excluding hydrogens is 300 g/mol. The first-order valence-corrected chi connectivity index (χ1v) is 8.04. The zero-order chi connectivity index (χ0) is 15.2. The molecule has 114 valence electrons. The highest BCUT2D eigenvalue weighted by Gasteiger charge is 2.28. The molecule has 0 aromatic carbocycles. The van der Waals surface area contributed by atoms with Crippen molar-refractivity contribution in [1.82, 2.24) is 24.5 Å². The topological polar surface area (TPSA) is 69.0 Å². The maximum absolute atomic E-state index is 5.75. The highest BCUT2D eigenvalue weighted by molar-refractivity contribution is 7.07. The largest absolute Gasteiger partial charge is 0.372 e. The van der Waals surface area contributed by atoms with Crippen LogP contribution in [0.4, 0.5) is 5.95 Å². The maximum atomic E-state index is 5.75. The molecular formula is C14H16N6OS. The summed E-state index contributed by atoms with van der Waals surface area (Å²) in [5.41, 5.74) is 3.16. The summed E-state index contributed by atoms with van der Waals surface area (Å²) in [4.78, 5) is 20.0. The predicted molar refractivity (Wildman–Crippen MR) is 84.6 cm³/mol. The Morgan fingerprint density at radius 2 is 2.18 bits per heavy atom. The second kappa shape index (κ2) is 4.99. The molecule has 0 radical (unpaired) electrons. The lowest BCUT2D eigenvalue weighted by Crippen LogP contribution is -2.49. The number of morpholine rings is 1. The maximum Gasteiger partial charge on any atom is 0.227 e. The third-order valence-corrected chi connectivity index (χ3v) is 4.23. The van der Waals surface area contributed by atoms with Crippen LogP contribution in [-0.4, -0.2) is 49.8 Å². The monoisotopic (exact) mass is 316 g/mol. The van der Waals surface area contributed by atoms with Crippen molar-refractivity contribution in [2.75, 3.05) is 24.6 Å². The molecule has 1 fully saturated rings. The summed E-state index contributed by atoms with van der Waals surface area (Å²) in [5, 5.41) is 1.97. The van der Waals surface area contributed by atoms with E-state index in [1.165, 1.54) is 0 Å². The van der Waals surface area contributed by atoms with Crippen molar-refractivity contribution in [3.63, 3.8) is 0 Å². The van der Waals surface area contributed by atoms with Gasteiger partial charge in [0.15, 0.2) is 11.5 Å². The Balaban J connectivity index is 1.75. The molecule has 1 aliphatic rings. The van der Waals surface area contributed by atoms with E-state index in [9.17, 15) is 0 Å². The Bertz CT molecular complexity index is 797. The number of imidazole rings is 1. The molecule has 7 nitrogen and oxygen atoms in total. The van der Waals surface area contributed by atoms with Gasteiger partial charge in [0.1, 0.15) is 11.8 Å². The zero-order valence-corrected chi connectivity index (χ0v) is 13.2. The average molecular weight is 316 g/mol. The van der Waals surface area contributed by atoms with Crippen LogP contribution in [0, 0.1) is 0 Å². The van der Waals surface area contributed by atoms with Crippen molar-refractivity contribution >= 4 is 28.4 Å². The Morgan fingerprint density at radius 3 is 2.95 bits per heavy atom. The molecule has 0 saturated carbocycles. The van der Waals surface area contributed by atoms with Crippen LogP contribution >= 0.6 is 11.3 Å². The van der Waals surface area contributed by atoms with Crippen LogP contribution in [0.3, 0.4) is 0 Å². The lowest BCUT2D eigenvalue weighted by Gasteiger charge is -2.38. The van der Waals surface area contributed by atoms with Crippen LogP contribution in [0.2, 0.25) is 0 Å². The summed E-state index contributed by atoms with van der Waals surface area (Å²) in [6, 6.07) is 0. The van der Waals surface area contributed by atoms with Gasteiger partial charge in [-0.2, -0.15) is 4.98 Å².